The number of hydrogen-bond acceptors (Lipinski definition) is 5. The topological polar surface area (TPSA) is 88.1 Å². The summed E-state index contributed by atoms with van der Waals surface area (Å²) in [5, 5.41) is 8.64. The van der Waals surface area contributed by atoms with E-state index in [2.05, 4.69) is 10.4 Å². The molecule has 150 valence electrons. The molecule has 29 heavy (non-hydrogen) atoms. The van der Waals surface area contributed by atoms with E-state index in [9.17, 15) is 14.4 Å². The Labute approximate surface area is 173 Å². The molecule has 0 aromatic heterocycles. The number of amides is 2. The predicted molar refractivity (Wildman–Crippen MR) is 110 cm³/mol. The summed E-state index contributed by atoms with van der Waals surface area (Å²) in [5.74, 6) is -1.31. The van der Waals surface area contributed by atoms with E-state index in [0.717, 1.165) is 5.56 Å². The smallest absolute Gasteiger partial charge is 0.355 e. The Morgan fingerprint density at radius 2 is 1.79 bits per heavy atom. The Hall–Kier alpha value is -3.19. The van der Waals surface area contributed by atoms with Gasteiger partial charge in [-0.3, -0.25) is 9.59 Å². The van der Waals surface area contributed by atoms with Crippen LogP contribution in [0.25, 0.3) is 0 Å². The predicted octanol–water partition coefficient (Wildman–Crippen LogP) is 2.72. The van der Waals surface area contributed by atoms with Gasteiger partial charge in [-0.05, 0) is 36.2 Å². The molecule has 2 aromatic carbocycles. The van der Waals surface area contributed by atoms with Crippen LogP contribution in [0.15, 0.2) is 59.7 Å². The van der Waals surface area contributed by atoms with Gasteiger partial charge in [0.25, 0.3) is 5.91 Å². The fourth-order valence-electron chi connectivity index (χ4n) is 2.73. The summed E-state index contributed by atoms with van der Waals surface area (Å²) in [4.78, 5) is 36.2. The lowest BCUT2D eigenvalue weighted by Gasteiger charge is -2.22. The van der Waals surface area contributed by atoms with Crippen LogP contribution < -0.4 is 10.3 Å². The SMILES string of the molecule is O=C(COC(=O)C1=NN(c2ccccc2)C(=O)CC1)NCCc1ccc(Cl)cc1. The monoisotopic (exact) mass is 413 g/mol. The molecule has 0 aliphatic carbocycles. The largest absolute Gasteiger partial charge is 0.451 e. The van der Waals surface area contributed by atoms with Gasteiger partial charge in [0.05, 0.1) is 5.69 Å². The molecule has 0 spiro atoms. The molecule has 2 aromatic rings. The molecule has 3 rings (SSSR count). The molecule has 1 heterocycles. The van der Waals surface area contributed by atoms with E-state index in [4.69, 9.17) is 16.3 Å². The van der Waals surface area contributed by atoms with E-state index in [-0.39, 0.29) is 24.5 Å². The third kappa shape index (κ3) is 5.89. The fourth-order valence-corrected chi connectivity index (χ4v) is 2.86. The molecular weight excluding hydrogens is 394 g/mol. The second-order valence-corrected chi connectivity index (χ2v) is 6.83. The number of nitrogens with zero attached hydrogens (tertiary/aromatic N) is 2. The quantitative estimate of drug-likeness (QED) is 0.707. The lowest BCUT2D eigenvalue weighted by atomic mass is 10.1. The van der Waals surface area contributed by atoms with Gasteiger partial charge >= 0.3 is 5.97 Å². The molecule has 0 atom stereocenters. The Bertz CT molecular complexity index is 913. The van der Waals surface area contributed by atoms with Gasteiger partial charge in [-0.15, -0.1) is 0 Å². The van der Waals surface area contributed by atoms with Crippen LogP contribution in [0.5, 0.6) is 0 Å². The van der Waals surface area contributed by atoms with Crippen molar-refractivity contribution in [3.05, 3.63) is 65.2 Å². The first-order chi connectivity index (χ1) is 14.0. The van der Waals surface area contributed by atoms with Gasteiger partial charge in [0.15, 0.2) is 6.61 Å². The Morgan fingerprint density at radius 1 is 1.07 bits per heavy atom. The molecule has 7 nitrogen and oxygen atoms in total. The number of carbonyl (C=O) groups excluding carboxylic acids is 3. The maximum Gasteiger partial charge on any atom is 0.355 e. The number of halogens is 1. The highest BCUT2D eigenvalue weighted by molar-refractivity contribution is 6.38. The maximum absolute atomic E-state index is 12.2. The number of nitrogens with one attached hydrogen (secondary N) is 1. The summed E-state index contributed by atoms with van der Waals surface area (Å²) in [6, 6.07) is 16.2. The van der Waals surface area contributed by atoms with Crippen molar-refractivity contribution in [1.29, 1.82) is 0 Å². The summed E-state index contributed by atoms with van der Waals surface area (Å²) in [6.45, 7) is 0.00695. The van der Waals surface area contributed by atoms with Crippen LogP contribution in [-0.2, 0) is 25.5 Å². The molecule has 2 amide bonds. The first-order valence-corrected chi connectivity index (χ1v) is 9.54. The van der Waals surface area contributed by atoms with Crippen molar-refractivity contribution in [2.75, 3.05) is 18.2 Å². The molecule has 1 N–H and O–H groups in total. The number of anilines is 1. The van der Waals surface area contributed by atoms with Crippen molar-refractivity contribution < 1.29 is 19.1 Å². The summed E-state index contributed by atoms with van der Waals surface area (Å²) < 4.78 is 5.04. The highest BCUT2D eigenvalue weighted by Crippen LogP contribution is 2.20. The van der Waals surface area contributed by atoms with Gasteiger partial charge < -0.3 is 10.1 Å². The number of benzene rings is 2. The zero-order chi connectivity index (χ0) is 20.6. The van der Waals surface area contributed by atoms with E-state index in [1.54, 1.807) is 36.4 Å². The zero-order valence-electron chi connectivity index (χ0n) is 15.6. The first-order valence-electron chi connectivity index (χ1n) is 9.16. The highest BCUT2D eigenvalue weighted by Gasteiger charge is 2.26. The Balaban J connectivity index is 1.47. The molecule has 1 aliphatic heterocycles. The molecule has 8 heteroatoms. The zero-order valence-corrected chi connectivity index (χ0v) is 16.4. The van der Waals surface area contributed by atoms with E-state index in [0.29, 0.717) is 23.7 Å². The van der Waals surface area contributed by atoms with Gasteiger partial charge in [-0.2, -0.15) is 5.10 Å². The van der Waals surface area contributed by atoms with Crippen LogP contribution >= 0.6 is 11.6 Å². The first kappa shape index (κ1) is 20.5. The van der Waals surface area contributed by atoms with Gasteiger partial charge in [0.1, 0.15) is 5.71 Å². The van der Waals surface area contributed by atoms with E-state index >= 15 is 0 Å². The minimum Gasteiger partial charge on any atom is -0.451 e. The normalized spacial score (nSPS) is 13.6. The third-order valence-corrected chi connectivity index (χ3v) is 4.50. The van der Waals surface area contributed by atoms with Crippen molar-refractivity contribution in [3.8, 4) is 0 Å². The molecule has 0 radical (unpaired) electrons. The van der Waals surface area contributed by atoms with Crippen LogP contribution in [0, 0.1) is 0 Å². The number of carbonyl (C=O) groups is 3. The van der Waals surface area contributed by atoms with E-state index in [1.165, 1.54) is 5.01 Å². The van der Waals surface area contributed by atoms with Crippen LogP contribution in [0.2, 0.25) is 5.02 Å². The Morgan fingerprint density at radius 3 is 2.52 bits per heavy atom. The van der Waals surface area contributed by atoms with Gasteiger partial charge in [0, 0.05) is 24.4 Å². The van der Waals surface area contributed by atoms with Crippen LogP contribution in [0.4, 0.5) is 5.69 Å². The summed E-state index contributed by atoms with van der Waals surface area (Å²) in [6.07, 6.45) is 0.965. The maximum atomic E-state index is 12.2. The molecule has 0 saturated heterocycles. The number of hydrogen-bond donors (Lipinski definition) is 1. The van der Waals surface area contributed by atoms with Crippen LogP contribution in [0.1, 0.15) is 18.4 Å². The van der Waals surface area contributed by atoms with Crippen molar-refractivity contribution in [2.24, 2.45) is 5.10 Å². The number of ether oxygens (including phenoxy) is 1. The second-order valence-electron chi connectivity index (χ2n) is 6.39. The minimum absolute atomic E-state index is 0.113. The lowest BCUT2D eigenvalue weighted by Crippen LogP contribution is -2.36. The second kappa shape index (κ2) is 9.84. The standard InChI is InChI=1S/C21H20ClN3O4/c22-16-8-6-15(7-9-16)12-13-23-19(26)14-29-21(28)18-10-11-20(27)25(24-18)17-4-2-1-3-5-17/h1-9H,10-14H2,(H,23,26). The number of para-hydroxylation sites is 1. The molecule has 0 fully saturated rings. The molecule has 0 saturated carbocycles. The van der Waals surface area contributed by atoms with Crippen molar-refractivity contribution in [1.82, 2.24) is 5.32 Å². The number of hydrazone groups is 1. The lowest BCUT2D eigenvalue weighted by molar-refractivity contribution is -0.142. The van der Waals surface area contributed by atoms with Gasteiger partial charge in [-0.1, -0.05) is 41.9 Å². The summed E-state index contributed by atoms with van der Waals surface area (Å²) in [7, 11) is 0. The summed E-state index contributed by atoms with van der Waals surface area (Å²) in [5.41, 5.74) is 1.72. The van der Waals surface area contributed by atoms with Crippen molar-refractivity contribution >= 4 is 40.8 Å². The average Bonchev–Trinajstić information content (AvgIpc) is 2.74. The average molecular weight is 414 g/mol. The molecular formula is C21H20ClN3O4. The molecule has 0 unspecified atom stereocenters. The van der Waals surface area contributed by atoms with Crippen LogP contribution in [-0.4, -0.2) is 36.6 Å². The van der Waals surface area contributed by atoms with Crippen LogP contribution in [0.3, 0.4) is 0 Å². The summed E-state index contributed by atoms with van der Waals surface area (Å²) >= 11 is 5.83. The van der Waals surface area contributed by atoms with Crippen molar-refractivity contribution in [2.45, 2.75) is 19.3 Å². The van der Waals surface area contributed by atoms with E-state index < -0.39 is 18.5 Å². The Kier molecular flexibility index (Phi) is 6.97. The van der Waals surface area contributed by atoms with Gasteiger partial charge in [-0.25, -0.2) is 9.80 Å². The fraction of sp³-hybridized carbons (Fsp3) is 0.238. The third-order valence-electron chi connectivity index (χ3n) is 4.25. The molecule has 0 bridgehead atoms. The number of rotatable bonds is 7. The molecule has 1 aliphatic rings. The highest BCUT2D eigenvalue weighted by atomic mass is 35.5. The minimum atomic E-state index is -0.703. The number of esters is 1. The van der Waals surface area contributed by atoms with E-state index in [1.807, 2.05) is 18.2 Å². The van der Waals surface area contributed by atoms with Gasteiger partial charge in [0.2, 0.25) is 5.91 Å². The van der Waals surface area contributed by atoms with Crippen molar-refractivity contribution in [3.63, 3.8) is 0 Å².